The average molecular weight is 148 g/mol. The standard InChI is InChI=1S/C6H12O2S/c1-4-6(3)9(7,8)5-2/h4H,5H2,1-3H3. The molecule has 0 aliphatic rings. The second-order valence-electron chi connectivity index (χ2n) is 1.80. The molecule has 0 heterocycles. The second kappa shape index (κ2) is 3.01. The summed E-state index contributed by atoms with van der Waals surface area (Å²) in [5.41, 5.74) is 0. The molecule has 0 atom stereocenters. The molecule has 0 fully saturated rings. The van der Waals surface area contributed by atoms with Gasteiger partial charge >= 0.3 is 0 Å². The Balaban J connectivity index is 4.57. The first-order chi connectivity index (χ1) is 4.04. The van der Waals surface area contributed by atoms with E-state index in [9.17, 15) is 8.42 Å². The summed E-state index contributed by atoms with van der Waals surface area (Å²) >= 11 is 0. The number of sulfone groups is 1. The molecule has 0 amide bonds. The Hall–Kier alpha value is -0.310. The largest absolute Gasteiger partial charge is 0.224 e. The van der Waals surface area contributed by atoms with Gasteiger partial charge in [-0.3, -0.25) is 0 Å². The first-order valence-corrected chi connectivity index (χ1v) is 4.55. The molecule has 54 valence electrons. The minimum Gasteiger partial charge on any atom is -0.224 e. The van der Waals surface area contributed by atoms with Gasteiger partial charge in [-0.05, 0) is 13.8 Å². The lowest BCUT2D eigenvalue weighted by Gasteiger charge is -1.96. The number of hydrogen-bond donors (Lipinski definition) is 0. The molecule has 0 aliphatic heterocycles. The lowest BCUT2D eigenvalue weighted by molar-refractivity contribution is 0.603. The van der Waals surface area contributed by atoms with Crippen LogP contribution in [0, 0.1) is 0 Å². The molecule has 0 saturated heterocycles. The zero-order valence-corrected chi connectivity index (χ0v) is 6.83. The van der Waals surface area contributed by atoms with Gasteiger partial charge < -0.3 is 0 Å². The lowest BCUT2D eigenvalue weighted by atomic mass is 10.6. The van der Waals surface area contributed by atoms with E-state index in [1.165, 1.54) is 0 Å². The third kappa shape index (κ3) is 2.18. The predicted octanol–water partition coefficient (Wildman–Crippen LogP) is 1.34. The van der Waals surface area contributed by atoms with Crippen molar-refractivity contribution in [3.63, 3.8) is 0 Å². The van der Waals surface area contributed by atoms with Gasteiger partial charge in [-0.1, -0.05) is 13.0 Å². The summed E-state index contributed by atoms with van der Waals surface area (Å²) in [6.45, 7) is 4.98. The molecule has 0 rings (SSSR count). The number of hydrogen-bond acceptors (Lipinski definition) is 2. The van der Waals surface area contributed by atoms with Crippen LogP contribution in [0.3, 0.4) is 0 Å². The highest BCUT2D eigenvalue weighted by molar-refractivity contribution is 7.95. The van der Waals surface area contributed by atoms with Gasteiger partial charge in [0.25, 0.3) is 0 Å². The minimum absolute atomic E-state index is 0.198. The van der Waals surface area contributed by atoms with E-state index in [-0.39, 0.29) is 5.75 Å². The van der Waals surface area contributed by atoms with E-state index in [4.69, 9.17) is 0 Å². The van der Waals surface area contributed by atoms with Crippen molar-refractivity contribution in [2.45, 2.75) is 20.8 Å². The molecule has 0 aromatic rings. The van der Waals surface area contributed by atoms with Gasteiger partial charge in [-0.15, -0.1) is 0 Å². The zero-order chi connectivity index (χ0) is 7.49. The monoisotopic (exact) mass is 148 g/mol. The topological polar surface area (TPSA) is 34.1 Å². The molecule has 3 heteroatoms. The minimum atomic E-state index is -2.89. The molecule has 0 bridgehead atoms. The summed E-state index contributed by atoms with van der Waals surface area (Å²) in [7, 11) is -2.89. The summed E-state index contributed by atoms with van der Waals surface area (Å²) in [5.74, 6) is 0.198. The van der Waals surface area contributed by atoms with Gasteiger partial charge in [-0.2, -0.15) is 0 Å². The molecule has 0 N–H and O–H groups in total. The van der Waals surface area contributed by atoms with Crippen LogP contribution < -0.4 is 0 Å². The van der Waals surface area contributed by atoms with Crippen molar-refractivity contribution in [1.29, 1.82) is 0 Å². The molecule has 0 aromatic heterocycles. The van der Waals surface area contributed by atoms with Crippen LogP contribution >= 0.6 is 0 Å². The van der Waals surface area contributed by atoms with Crippen molar-refractivity contribution < 1.29 is 8.42 Å². The average Bonchev–Trinajstić information content (AvgIpc) is 1.86. The van der Waals surface area contributed by atoms with Gasteiger partial charge in [0.05, 0.1) is 5.75 Å². The molecule has 0 aliphatic carbocycles. The quantitative estimate of drug-likeness (QED) is 0.592. The van der Waals surface area contributed by atoms with Crippen LogP contribution in [0.2, 0.25) is 0 Å². The van der Waals surface area contributed by atoms with Crippen molar-refractivity contribution in [1.82, 2.24) is 0 Å². The Kier molecular flexibility index (Phi) is 2.91. The van der Waals surface area contributed by atoms with Crippen molar-refractivity contribution in [3.8, 4) is 0 Å². The summed E-state index contributed by atoms with van der Waals surface area (Å²) in [4.78, 5) is 0.463. The highest BCUT2D eigenvalue weighted by atomic mass is 32.2. The van der Waals surface area contributed by atoms with Gasteiger partial charge in [0.15, 0.2) is 9.84 Å². The van der Waals surface area contributed by atoms with Crippen molar-refractivity contribution in [2.24, 2.45) is 0 Å². The van der Waals surface area contributed by atoms with E-state index in [0.717, 1.165) is 0 Å². The van der Waals surface area contributed by atoms with Gasteiger partial charge in [-0.25, -0.2) is 8.42 Å². The fourth-order valence-electron chi connectivity index (χ4n) is 0.407. The van der Waals surface area contributed by atoms with Crippen molar-refractivity contribution >= 4 is 9.84 Å². The van der Waals surface area contributed by atoms with Gasteiger partial charge in [0, 0.05) is 4.91 Å². The maximum absolute atomic E-state index is 10.9. The van der Waals surface area contributed by atoms with Crippen LogP contribution in [-0.4, -0.2) is 14.2 Å². The maximum atomic E-state index is 10.9. The maximum Gasteiger partial charge on any atom is 0.173 e. The number of allylic oxidation sites excluding steroid dienone is 2. The molecule has 0 aromatic carbocycles. The molecular weight excluding hydrogens is 136 g/mol. The fourth-order valence-corrected chi connectivity index (χ4v) is 1.22. The van der Waals surface area contributed by atoms with Crippen LogP contribution in [0.15, 0.2) is 11.0 Å². The number of rotatable bonds is 2. The summed E-state index contributed by atoms with van der Waals surface area (Å²) < 4.78 is 21.7. The zero-order valence-electron chi connectivity index (χ0n) is 6.01. The first kappa shape index (κ1) is 8.69. The fraction of sp³-hybridized carbons (Fsp3) is 0.667. The normalized spacial score (nSPS) is 13.9. The molecule has 9 heavy (non-hydrogen) atoms. The SMILES string of the molecule is CC=C(C)S(=O)(=O)CC. The molecule has 0 saturated carbocycles. The van der Waals surface area contributed by atoms with E-state index in [1.54, 1.807) is 26.8 Å². The van der Waals surface area contributed by atoms with Gasteiger partial charge in [0.2, 0.25) is 0 Å². The molecule has 0 spiro atoms. The van der Waals surface area contributed by atoms with E-state index in [2.05, 4.69) is 0 Å². The van der Waals surface area contributed by atoms with E-state index in [1.807, 2.05) is 0 Å². The van der Waals surface area contributed by atoms with Crippen LogP contribution in [-0.2, 0) is 9.84 Å². The summed E-state index contributed by atoms with van der Waals surface area (Å²) in [6, 6.07) is 0. The summed E-state index contributed by atoms with van der Waals surface area (Å²) in [6.07, 6.45) is 1.61. The van der Waals surface area contributed by atoms with Crippen LogP contribution in [0.1, 0.15) is 20.8 Å². The van der Waals surface area contributed by atoms with Crippen molar-refractivity contribution in [2.75, 3.05) is 5.75 Å². The Morgan fingerprint density at radius 3 is 2.11 bits per heavy atom. The Bertz CT molecular complexity index is 199. The molecule has 0 radical (unpaired) electrons. The molecular formula is C6H12O2S. The summed E-state index contributed by atoms with van der Waals surface area (Å²) in [5, 5.41) is 0. The third-order valence-electron chi connectivity index (χ3n) is 1.28. The van der Waals surface area contributed by atoms with Gasteiger partial charge in [0.1, 0.15) is 0 Å². The van der Waals surface area contributed by atoms with E-state index in [0.29, 0.717) is 4.91 Å². The first-order valence-electron chi connectivity index (χ1n) is 2.90. The lowest BCUT2D eigenvalue weighted by Crippen LogP contribution is -2.03. The van der Waals surface area contributed by atoms with Crippen LogP contribution in [0.4, 0.5) is 0 Å². The van der Waals surface area contributed by atoms with E-state index < -0.39 is 9.84 Å². The molecule has 0 unspecified atom stereocenters. The molecule has 2 nitrogen and oxygen atoms in total. The van der Waals surface area contributed by atoms with Crippen LogP contribution in [0.5, 0.6) is 0 Å². The highest BCUT2D eigenvalue weighted by Gasteiger charge is 2.07. The second-order valence-corrected chi connectivity index (χ2v) is 4.25. The van der Waals surface area contributed by atoms with Crippen LogP contribution in [0.25, 0.3) is 0 Å². The predicted molar refractivity (Wildman–Crippen MR) is 38.9 cm³/mol. The van der Waals surface area contributed by atoms with Crippen molar-refractivity contribution in [3.05, 3.63) is 11.0 Å². The Morgan fingerprint density at radius 2 is 2.00 bits per heavy atom. The Labute approximate surface area is 56.5 Å². The smallest absolute Gasteiger partial charge is 0.173 e. The Morgan fingerprint density at radius 1 is 1.56 bits per heavy atom. The van der Waals surface area contributed by atoms with E-state index >= 15 is 0 Å². The third-order valence-corrected chi connectivity index (χ3v) is 3.25. The highest BCUT2D eigenvalue weighted by Crippen LogP contribution is 2.04.